The minimum Gasteiger partial charge on any atom is -0.316 e. The molecule has 92 valence electrons. The van der Waals surface area contributed by atoms with Gasteiger partial charge in [0.25, 0.3) is 0 Å². The first-order valence-corrected chi connectivity index (χ1v) is 7.74. The zero-order valence-corrected chi connectivity index (χ0v) is 12.8. The van der Waals surface area contributed by atoms with E-state index in [9.17, 15) is 0 Å². The van der Waals surface area contributed by atoms with E-state index in [0.717, 1.165) is 24.9 Å². The maximum Gasteiger partial charge on any atom is 0.0285 e. The molecule has 0 spiro atoms. The average molecular weight is 304 g/mol. The molecule has 0 bridgehead atoms. The van der Waals surface area contributed by atoms with Crippen molar-refractivity contribution in [3.8, 4) is 0 Å². The van der Waals surface area contributed by atoms with E-state index in [4.69, 9.17) is 0 Å². The van der Waals surface area contributed by atoms with Crippen LogP contribution in [0, 0.1) is 11.8 Å². The molecule has 0 saturated carbocycles. The molecule has 1 nitrogen and oxygen atoms in total. The van der Waals surface area contributed by atoms with Gasteiger partial charge < -0.3 is 5.32 Å². The standard InChI is InChI=1S/C13H22BrNS/c1-4-5-15-8-11(10(2)3)6-13-7-12(14)9-16-13/h7,9-11,15H,4-6,8H2,1-3H3. The summed E-state index contributed by atoms with van der Waals surface area (Å²) >= 11 is 5.38. The van der Waals surface area contributed by atoms with E-state index in [0.29, 0.717) is 0 Å². The minimum atomic E-state index is 0.741. The summed E-state index contributed by atoms with van der Waals surface area (Å²) in [5.41, 5.74) is 0. The number of halogens is 1. The van der Waals surface area contributed by atoms with Crippen molar-refractivity contribution in [3.05, 3.63) is 20.8 Å². The van der Waals surface area contributed by atoms with E-state index in [1.807, 2.05) is 11.3 Å². The van der Waals surface area contributed by atoms with Gasteiger partial charge in [0.05, 0.1) is 0 Å². The summed E-state index contributed by atoms with van der Waals surface area (Å²) in [6.07, 6.45) is 2.42. The van der Waals surface area contributed by atoms with Crippen molar-refractivity contribution >= 4 is 27.3 Å². The third kappa shape index (κ3) is 4.98. The van der Waals surface area contributed by atoms with Gasteiger partial charge in [-0.05, 0) is 59.8 Å². The molecule has 1 N–H and O–H groups in total. The number of hydrogen-bond donors (Lipinski definition) is 1. The molecule has 0 radical (unpaired) electrons. The van der Waals surface area contributed by atoms with Gasteiger partial charge in [0.2, 0.25) is 0 Å². The minimum absolute atomic E-state index is 0.741. The highest BCUT2D eigenvalue weighted by molar-refractivity contribution is 9.10. The lowest BCUT2D eigenvalue weighted by Crippen LogP contribution is -2.28. The second-order valence-electron chi connectivity index (χ2n) is 4.64. The molecule has 0 aliphatic rings. The number of thiophene rings is 1. The molecule has 0 fully saturated rings. The fourth-order valence-electron chi connectivity index (χ4n) is 1.73. The van der Waals surface area contributed by atoms with E-state index < -0.39 is 0 Å². The summed E-state index contributed by atoms with van der Waals surface area (Å²) in [4.78, 5) is 1.49. The maximum atomic E-state index is 3.54. The molecule has 1 rings (SSSR count). The summed E-state index contributed by atoms with van der Waals surface area (Å²) in [6, 6.07) is 2.25. The van der Waals surface area contributed by atoms with Crippen molar-refractivity contribution in [2.24, 2.45) is 11.8 Å². The second kappa shape index (κ2) is 7.46. The van der Waals surface area contributed by atoms with E-state index in [1.54, 1.807) is 0 Å². The van der Waals surface area contributed by atoms with E-state index in [-0.39, 0.29) is 0 Å². The predicted molar refractivity (Wildman–Crippen MR) is 77.2 cm³/mol. The lowest BCUT2D eigenvalue weighted by atomic mass is 9.92. The van der Waals surface area contributed by atoms with E-state index in [1.165, 1.54) is 22.2 Å². The first kappa shape index (κ1) is 14.2. The molecule has 0 aromatic carbocycles. The number of nitrogens with one attached hydrogen (secondary N) is 1. The smallest absolute Gasteiger partial charge is 0.0285 e. The van der Waals surface area contributed by atoms with Gasteiger partial charge >= 0.3 is 0 Å². The molecular formula is C13H22BrNS. The van der Waals surface area contributed by atoms with Crippen molar-refractivity contribution in [2.45, 2.75) is 33.6 Å². The summed E-state index contributed by atoms with van der Waals surface area (Å²) in [5.74, 6) is 1.49. The molecule has 16 heavy (non-hydrogen) atoms. The summed E-state index contributed by atoms with van der Waals surface area (Å²) in [5, 5.41) is 5.71. The number of hydrogen-bond acceptors (Lipinski definition) is 2. The topological polar surface area (TPSA) is 12.0 Å². The Balaban J connectivity index is 2.44. The third-order valence-corrected chi connectivity index (χ3v) is 4.58. The van der Waals surface area contributed by atoms with Gasteiger partial charge in [-0.3, -0.25) is 0 Å². The van der Waals surface area contributed by atoms with Crippen LogP contribution in [0.3, 0.4) is 0 Å². The fraction of sp³-hybridized carbons (Fsp3) is 0.692. The zero-order valence-electron chi connectivity index (χ0n) is 10.4. The van der Waals surface area contributed by atoms with Gasteiger partial charge in [-0.15, -0.1) is 11.3 Å². The van der Waals surface area contributed by atoms with Crippen LogP contribution in [-0.4, -0.2) is 13.1 Å². The molecule has 0 amide bonds. The molecule has 0 aliphatic heterocycles. The molecule has 0 aliphatic carbocycles. The Morgan fingerprint density at radius 2 is 2.19 bits per heavy atom. The van der Waals surface area contributed by atoms with Crippen LogP contribution < -0.4 is 5.32 Å². The molecule has 1 aromatic rings. The van der Waals surface area contributed by atoms with Gasteiger partial charge in [-0.1, -0.05) is 20.8 Å². The van der Waals surface area contributed by atoms with Crippen molar-refractivity contribution in [2.75, 3.05) is 13.1 Å². The maximum absolute atomic E-state index is 3.54. The molecule has 1 heterocycles. The SMILES string of the molecule is CCCNCC(Cc1cc(Br)cs1)C(C)C. The lowest BCUT2D eigenvalue weighted by Gasteiger charge is -2.20. The second-order valence-corrected chi connectivity index (χ2v) is 6.56. The lowest BCUT2D eigenvalue weighted by molar-refractivity contribution is 0.363. The van der Waals surface area contributed by atoms with Crippen LogP contribution in [0.1, 0.15) is 32.1 Å². The summed E-state index contributed by atoms with van der Waals surface area (Å²) in [6.45, 7) is 9.13. The largest absolute Gasteiger partial charge is 0.316 e. The van der Waals surface area contributed by atoms with E-state index >= 15 is 0 Å². The van der Waals surface area contributed by atoms with E-state index in [2.05, 4.69) is 53.5 Å². The van der Waals surface area contributed by atoms with Gasteiger partial charge in [0.1, 0.15) is 0 Å². The van der Waals surface area contributed by atoms with Crippen molar-refractivity contribution in [1.82, 2.24) is 5.32 Å². The highest BCUT2D eigenvalue weighted by atomic mass is 79.9. The monoisotopic (exact) mass is 303 g/mol. The normalized spacial score (nSPS) is 13.3. The highest BCUT2D eigenvalue weighted by Crippen LogP contribution is 2.24. The Hall–Kier alpha value is 0.140. The predicted octanol–water partition coefficient (Wildman–Crippen LogP) is 4.32. The number of rotatable bonds is 7. The third-order valence-electron chi connectivity index (χ3n) is 2.86. The molecule has 1 unspecified atom stereocenters. The van der Waals surface area contributed by atoms with Gasteiger partial charge in [0.15, 0.2) is 0 Å². The van der Waals surface area contributed by atoms with Crippen LogP contribution in [0.25, 0.3) is 0 Å². The van der Waals surface area contributed by atoms with Crippen molar-refractivity contribution in [3.63, 3.8) is 0 Å². The first-order chi connectivity index (χ1) is 7.63. The van der Waals surface area contributed by atoms with Crippen LogP contribution in [0.5, 0.6) is 0 Å². The molecule has 0 saturated heterocycles. The van der Waals surface area contributed by atoms with Crippen LogP contribution in [0.2, 0.25) is 0 Å². The zero-order chi connectivity index (χ0) is 12.0. The summed E-state index contributed by atoms with van der Waals surface area (Å²) < 4.78 is 1.22. The van der Waals surface area contributed by atoms with Crippen molar-refractivity contribution < 1.29 is 0 Å². The summed E-state index contributed by atoms with van der Waals surface area (Å²) in [7, 11) is 0. The average Bonchev–Trinajstić information content (AvgIpc) is 2.63. The Kier molecular flexibility index (Phi) is 6.62. The highest BCUT2D eigenvalue weighted by Gasteiger charge is 2.14. The Morgan fingerprint density at radius 3 is 2.69 bits per heavy atom. The van der Waals surface area contributed by atoms with Crippen LogP contribution >= 0.6 is 27.3 Å². The Labute approximate surface area is 112 Å². The quantitative estimate of drug-likeness (QED) is 0.740. The first-order valence-electron chi connectivity index (χ1n) is 6.07. The Morgan fingerprint density at radius 1 is 1.44 bits per heavy atom. The molecule has 3 heteroatoms. The van der Waals surface area contributed by atoms with Crippen LogP contribution in [-0.2, 0) is 6.42 Å². The fourth-order valence-corrected chi connectivity index (χ4v) is 3.27. The van der Waals surface area contributed by atoms with Crippen LogP contribution in [0.4, 0.5) is 0 Å². The molecule has 1 atom stereocenters. The van der Waals surface area contributed by atoms with Gasteiger partial charge in [0, 0.05) is 14.7 Å². The molecular weight excluding hydrogens is 282 g/mol. The van der Waals surface area contributed by atoms with Gasteiger partial charge in [-0.2, -0.15) is 0 Å². The Bertz CT molecular complexity index is 296. The van der Waals surface area contributed by atoms with Gasteiger partial charge in [-0.25, -0.2) is 0 Å². The molecule has 1 aromatic heterocycles. The van der Waals surface area contributed by atoms with Crippen molar-refractivity contribution in [1.29, 1.82) is 0 Å². The van der Waals surface area contributed by atoms with Crippen LogP contribution in [0.15, 0.2) is 15.9 Å².